The molecule has 1 amide bonds. The van der Waals surface area contributed by atoms with Gasteiger partial charge in [0.25, 0.3) is 0 Å². The molecule has 3 rings (SSSR count). The van der Waals surface area contributed by atoms with Crippen LogP contribution in [-0.4, -0.2) is 22.7 Å². The van der Waals surface area contributed by atoms with Gasteiger partial charge in [0.1, 0.15) is 6.54 Å². The van der Waals surface area contributed by atoms with E-state index in [1.807, 2.05) is 6.20 Å². The van der Waals surface area contributed by atoms with Crippen molar-refractivity contribution in [3.05, 3.63) is 47.8 Å². The number of rotatable bonds is 4. The standard InChI is InChI=1S/C15H18N4O/c1-16-15(20)10-19-9-12(8-17-19)18-14-7-6-11-4-2-3-5-13(11)14/h2-5,8-9,14,18H,6-7,10H2,1H3,(H,16,20). The summed E-state index contributed by atoms with van der Waals surface area (Å²) in [5.41, 5.74) is 3.74. The van der Waals surface area contributed by atoms with Crippen LogP contribution in [0.1, 0.15) is 23.6 Å². The predicted molar refractivity (Wildman–Crippen MR) is 77.4 cm³/mol. The maximum Gasteiger partial charge on any atom is 0.241 e. The number of hydrogen-bond donors (Lipinski definition) is 2. The first-order chi connectivity index (χ1) is 9.76. The fraction of sp³-hybridized carbons (Fsp3) is 0.333. The average molecular weight is 270 g/mol. The minimum atomic E-state index is -0.0501. The Kier molecular flexibility index (Phi) is 3.41. The summed E-state index contributed by atoms with van der Waals surface area (Å²) in [6.45, 7) is 0.249. The third kappa shape index (κ3) is 2.52. The second kappa shape index (κ2) is 5.36. The molecule has 1 aliphatic carbocycles. The molecule has 0 spiro atoms. The first-order valence-electron chi connectivity index (χ1n) is 6.83. The van der Waals surface area contributed by atoms with E-state index < -0.39 is 0 Å². The number of fused-ring (bicyclic) bond motifs is 1. The van der Waals surface area contributed by atoms with E-state index in [2.05, 4.69) is 40.0 Å². The van der Waals surface area contributed by atoms with Gasteiger partial charge in [-0.15, -0.1) is 0 Å². The van der Waals surface area contributed by atoms with Gasteiger partial charge in [0.15, 0.2) is 0 Å². The molecule has 1 aromatic heterocycles. The zero-order valence-corrected chi connectivity index (χ0v) is 11.5. The molecule has 1 aromatic carbocycles. The van der Waals surface area contributed by atoms with Crippen molar-refractivity contribution in [2.24, 2.45) is 0 Å². The number of amides is 1. The number of nitrogens with zero attached hydrogens (tertiary/aromatic N) is 2. The molecule has 0 radical (unpaired) electrons. The van der Waals surface area contributed by atoms with E-state index in [1.165, 1.54) is 11.1 Å². The van der Waals surface area contributed by atoms with Gasteiger partial charge in [0, 0.05) is 13.2 Å². The van der Waals surface area contributed by atoms with Crippen molar-refractivity contribution < 1.29 is 4.79 Å². The van der Waals surface area contributed by atoms with E-state index in [-0.39, 0.29) is 12.5 Å². The van der Waals surface area contributed by atoms with Gasteiger partial charge in [-0.3, -0.25) is 9.48 Å². The number of benzene rings is 1. The summed E-state index contributed by atoms with van der Waals surface area (Å²) < 4.78 is 1.64. The minimum Gasteiger partial charge on any atom is -0.376 e. The maximum absolute atomic E-state index is 11.3. The Bertz CT molecular complexity index is 620. The number of nitrogens with one attached hydrogen (secondary N) is 2. The molecule has 0 bridgehead atoms. The zero-order chi connectivity index (χ0) is 13.9. The van der Waals surface area contributed by atoms with Crippen molar-refractivity contribution in [3.8, 4) is 0 Å². The first kappa shape index (κ1) is 12.7. The number of aryl methyl sites for hydroxylation is 1. The first-order valence-corrected chi connectivity index (χ1v) is 6.83. The van der Waals surface area contributed by atoms with Crippen molar-refractivity contribution in [3.63, 3.8) is 0 Å². The smallest absolute Gasteiger partial charge is 0.241 e. The highest BCUT2D eigenvalue weighted by Crippen LogP contribution is 2.33. The second-order valence-electron chi connectivity index (χ2n) is 5.03. The van der Waals surface area contributed by atoms with Gasteiger partial charge in [-0.05, 0) is 24.0 Å². The van der Waals surface area contributed by atoms with Gasteiger partial charge in [0.05, 0.1) is 17.9 Å². The summed E-state index contributed by atoms with van der Waals surface area (Å²) in [6.07, 6.45) is 5.85. The van der Waals surface area contributed by atoms with Crippen molar-refractivity contribution in [1.82, 2.24) is 15.1 Å². The van der Waals surface area contributed by atoms with E-state index in [0.717, 1.165) is 18.5 Å². The highest BCUT2D eigenvalue weighted by atomic mass is 16.1. The molecule has 5 nitrogen and oxygen atoms in total. The van der Waals surface area contributed by atoms with Gasteiger partial charge in [-0.25, -0.2) is 0 Å². The topological polar surface area (TPSA) is 59.0 Å². The van der Waals surface area contributed by atoms with Crippen molar-refractivity contribution >= 4 is 11.6 Å². The molecule has 2 N–H and O–H groups in total. The molecular formula is C15H18N4O. The Hall–Kier alpha value is -2.30. The van der Waals surface area contributed by atoms with Crippen LogP contribution < -0.4 is 10.6 Å². The molecule has 0 saturated heterocycles. The Morgan fingerprint density at radius 1 is 1.45 bits per heavy atom. The van der Waals surface area contributed by atoms with Crippen LogP contribution in [0.2, 0.25) is 0 Å². The van der Waals surface area contributed by atoms with Crippen molar-refractivity contribution in [1.29, 1.82) is 0 Å². The predicted octanol–water partition coefficient (Wildman–Crippen LogP) is 1.73. The van der Waals surface area contributed by atoms with E-state index in [1.54, 1.807) is 17.9 Å². The van der Waals surface area contributed by atoms with Crippen LogP contribution >= 0.6 is 0 Å². The average Bonchev–Trinajstić information content (AvgIpc) is 3.07. The van der Waals surface area contributed by atoms with E-state index >= 15 is 0 Å². The molecule has 104 valence electrons. The summed E-state index contributed by atoms with van der Waals surface area (Å²) in [5.74, 6) is -0.0501. The Balaban J connectivity index is 1.69. The summed E-state index contributed by atoms with van der Waals surface area (Å²) in [7, 11) is 1.63. The molecule has 1 unspecified atom stereocenters. The zero-order valence-electron chi connectivity index (χ0n) is 11.5. The molecule has 5 heteroatoms. The van der Waals surface area contributed by atoms with Gasteiger partial charge in [0.2, 0.25) is 5.91 Å². The van der Waals surface area contributed by atoms with E-state index in [4.69, 9.17) is 0 Å². The van der Waals surface area contributed by atoms with Crippen molar-refractivity contribution in [2.75, 3.05) is 12.4 Å². The normalized spacial score (nSPS) is 16.8. The van der Waals surface area contributed by atoms with Gasteiger partial charge >= 0.3 is 0 Å². The molecule has 20 heavy (non-hydrogen) atoms. The van der Waals surface area contributed by atoms with Gasteiger partial charge < -0.3 is 10.6 Å². The van der Waals surface area contributed by atoms with Gasteiger partial charge in [-0.2, -0.15) is 5.10 Å². The molecule has 1 aliphatic rings. The SMILES string of the molecule is CNC(=O)Cn1cc(NC2CCc3ccccc32)cn1. The fourth-order valence-electron chi connectivity index (χ4n) is 2.66. The van der Waals surface area contributed by atoms with Crippen LogP contribution in [0.25, 0.3) is 0 Å². The lowest BCUT2D eigenvalue weighted by atomic mass is 10.1. The number of likely N-dealkylation sites (N-methyl/N-ethyl adjacent to an activating group) is 1. The summed E-state index contributed by atoms with van der Waals surface area (Å²) in [4.78, 5) is 11.3. The molecule has 2 aromatic rings. The lowest BCUT2D eigenvalue weighted by Crippen LogP contribution is -2.23. The number of carbonyl (C=O) groups is 1. The van der Waals surface area contributed by atoms with E-state index in [9.17, 15) is 4.79 Å². The molecular weight excluding hydrogens is 252 g/mol. The molecule has 0 fully saturated rings. The third-order valence-corrected chi connectivity index (χ3v) is 3.69. The van der Waals surface area contributed by atoms with Crippen LogP contribution in [0.3, 0.4) is 0 Å². The minimum absolute atomic E-state index is 0.0501. The molecule has 0 aliphatic heterocycles. The van der Waals surface area contributed by atoms with Crippen LogP contribution in [0.15, 0.2) is 36.7 Å². The number of hydrogen-bond acceptors (Lipinski definition) is 3. The molecule has 1 atom stereocenters. The lowest BCUT2D eigenvalue weighted by Gasteiger charge is -2.13. The number of carbonyl (C=O) groups excluding carboxylic acids is 1. The monoisotopic (exact) mass is 270 g/mol. The highest BCUT2D eigenvalue weighted by molar-refractivity contribution is 5.75. The van der Waals surface area contributed by atoms with Gasteiger partial charge in [-0.1, -0.05) is 24.3 Å². The quantitative estimate of drug-likeness (QED) is 0.889. The highest BCUT2D eigenvalue weighted by Gasteiger charge is 2.21. The van der Waals surface area contributed by atoms with Crippen LogP contribution in [-0.2, 0) is 17.8 Å². The van der Waals surface area contributed by atoms with Crippen LogP contribution in [0.4, 0.5) is 5.69 Å². The largest absolute Gasteiger partial charge is 0.376 e. The number of aromatic nitrogens is 2. The van der Waals surface area contributed by atoms with Crippen molar-refractivity contribution in [2.45, 2.75) is 25.4 Å². The third-order valence-electron chi connectivity index (χ3n) is 3.69. The molecule has 1 heterocycles. The van der Waals surface area contributed by atoms with Crippen LogP contribution in [0, 0.1) is 0 Å². The Labute approximate surface area is 118 Å². The number of anilines is 1. The Morgan fingerprint density at radius 2 is 2.30 bits per heavy atom. The fourth-order valence-corrected chi connectivity index (χ4v) is 2.66. The van der Waals surface area contributed by atoms with Crippen LogP contribution in [0.5, 0.6) is 0 Å². The maximum atomic E-state index is 11.3. The Morgan fingerprint density at radius 3 is 3.15 bits per heavy atom. The second-order valence-corrected chi connectivity index (χ2v) is 5.03. The van der Waals surface area contributed by atoms with E-state index in [0.29, 0.717) is 6.04 Å². The summed E-state index contributed by atoms with van der Waals surface area (Å²) in [5, 5.41) is 10.3. The lowest BCUT2D eigenvalue weighted by molar-refractivity contribution is -0.121. The summed E-state index contributed by atoms with van der Waals surface area (Å²) in [6, 6.07) is 8.86. The summed E-state index contributed by atoms with van der Waals surface area (Å²) >= 11 is 0. The molecule has 0 saturated carbocycles.